The predicted molar refractivity (Wildman–Crippen MR) is 375 cm³/mol. The number of rotatable bonds is 26. The lowest BCUT2D eigenvalue weighted by atomic mass is 9.79. The van der Waals surface area contributed by atoms with Gasteiger partial charge in [-0.3, -0.25) is 19.3 Å². The molecule has 508 valence electrons. The maximum atomic E-state index is 13.8. The fourth-order valence-corrected chi connectivity index (χ4v) is 18.3. The van der Waals surface area contributed by atoms with Crippen molar-refractivity contribution in [3.8, 4) is 0 Å². The molecule has 0 aromatic heterocycles. The lowest BCUT2D eigenvalue weighted by Crippen LogP contribution is -2.64. The van der Waals surface area contributed by atoms with Crippen LogP contribution < -0.4 is 0 Å². The number of carbonyl (C=O) groups is 3. The van der Waals surface area contributed by atoms with Crippen LogP contribution >= 0.6 is 0 Å². The van der Waals surface area contributed by atoms with Crippen molar-refractivity contribution in [3.05, 3.63) is 108 Å². The van der Waals surface area contributed by atoms with Gasteiger partial charge in [-0.15, -0.1) is 0 Å². The first kappa shape index (κ1) is 73.6. The van der Waals surface area contributed by atoms with Gasteiger partial charge in [-0.2, -0.15) is 0 Å². The van der Waals surface area contributed by atoms with Crippen LogP contribution in [0.15, 0.2) is 91.1 Å². The Hall–Kier alpha value is -3.20. The van der Waals surface area contributed by atoms with E-state index < -0.39 is 31.1 Å². The summed E-state index contributed by atoms with van der Waals surface area (Å²) in [7, 11) is -6.96. The summed E-state index contributed by atoms with van der Waals surface area (Å²) in [6.07, 6.45) is 13.5. The van der Waals surface area contributed by atoms with Gasteiger partial charge in [0.25, 0.3) is 11.8 Å². The van der Waals surface area contributed by atoms with E-state index in [0.29, 0.717) is 36.3 Å². The molecule has 6 aliphatic heterocycles. The number of amides is 2. The normalized spacial score (nSPS) is 31.5. The van der Waals surface area contributed by atoms with Crippen LogP contribution in [0.5, 0.6) is 0 Å². The van der Waals surface area contributed by atoms with Gasteiger partial charge in [-0.1, -0.05) is 158 Å². The first-order chi connectivity index (χ1) is 42.3. The zero-order valence-electron chi connectivity index (χ0n) is 60.0. The standard InChI is InChI=1S/C76H121NO11Si3/c1-48(33-39-65(87-90(19,20)75(11,12)13)71-70(88-91(21,22)76(14,15)16)54(7)69-64(85-71)41-37-58(83-69)44-51(4)78)32-35-56-43-50(3)63(81-56)40-36-57-42-49(2)52(5)67(82-57)46-68-60(38-34-55-28-24-23-25-29-55)53(6)66(84-68)45-59(86-89(17,18)74(8,9)10)47-77-72(79)61-30-26-27-31-62(61)73(77)80/h23-31,33,39,48-49,53-54,56-60,63-71H,3,5,32,34-38,40-47H2,1-2,4,6-22H3/b39-33+/t48?,49-,53-,54+,56+,57+,58?,59+,60?,63?,64+,65+,66?,67?,68+,69-,70+,71?/m1/s1. The summed E-state index contributed by atoms with van der Waals surface area (Å²) < 4.78 is 57.6. The van der Waals surface area contributed by atoms with Gasteiger partial charge in [0.2, 0.25) is 0 Å². The monoisotopic (exact) mass is 1310 g/mol. The molecule has 6 heterocycles. The minimum absolute atomic E-state index is 0.0107. The minimum atomic E-state index is -2.36. The van der Waals surface area contributed by atoms with Gasteiger partial charge < -0.3 is 37.0 Å². The lowest BCUT2D eigenvalue weighted by Gasteiger charge is -2.54. The maximum absolute atomic E-state index is 13.8. The Morgan fingerprint density at radius 2 is 1.29 bits per heavy atom. The van der Waals surface area contributed by atoms with E-state index in [2.05, 4.69) is 185 Å². The quantitative estimate of drug-likeness (QED) is 0.0507. The molecule has 2 aromatic rings. The van der Waals surface area contributed by atoms with E-state index in [4.69, 9.17) is 37.0 Å². The predicted octanol–water partition coefficient (Wildman–Crippen LogP) is 17.6. The molecule has 8 rings (SSSR count). The highest BCUT2D eigenvalue weighted by molar-refractivity contribution is 6.75. The fourth-order valence-electron chi connectivity index (χ4n) is 14.3. The number of allylic oxidation sites excluding steroid dienone is 1. The van der Waals surface area contributed by atoms with Crippen molar-refractivity contribution in [3.63, 3.8) is 0 Å². The molecule has 15 heteroatoms. The molecule has 12 nitrogen and oxygen atoms in total. The first-order valence-corrected chi connectivity index (χ1v) is 43.9. The summed E-state index contributed by atoms with van der Waals surface area (Å²) in [5, 5.41) is -0.106. The molecule has 91 heavy (non-hydrogen) atoms. The number of carbonyl (C=O) groups excluding carboxylic acids is 3. The van der Waals surface area contributed by atoms with E-state index in [9.17, 15) is 14.4 Å². The van der Waals surface area contributed by atoms with E-state index in [1.807, 2.05) is 12.1 Å². The molecule has 0 N–H and O–H groups in total. The molecule has 5 fully saturated rings. The van der Waals surface area contributed by atoms with Gasteiger partial charge in [-0.05, 0) is 178 Å². The van der Waals surface area contributed by atoms with Gasteiger partial charge in [0, 0.05) is 25.2 Å². The average molecular weight is 1310 g/mol. The van der Waals surface area contributed by atoms with Crippen LogP contribution in [-0.4, -0.2) is 133 Å². The summed E-state index contributed by atoms with van der Waals surface area (Å²) in [4.78, 5) is 41.4. The number of ether oxygens (including phenoxy) is 5. The molecule has 0 spiro atoms. The fraction of sp³-hybridized carbons (Fsp3) is 0.724. The Kier molecular flexibility index (Phi) is 24.0. The number of imide groups is 1. The highest BCUT2D eigenvalue weighted by Crippen LogP contribution is 2.48. The average Bonchev–Trinajstić information content (AvgIpc) is 0.956. The molecule has 2 amide bonds. The number of nitrogens with zero attached hydrogens (tertiary/aromatic N) is 1. The molecular weight excluding hydrogens is 1190 g/mol. The van der Waals surface area contributed by atoms with Crippen molar-refractivity contribution in [2.45, 2.75) is 314 Å². The second-order valence-electron chi connectivity index (χ2n) is 33.5. The molecule has 0 saturated carbocycles. The molecule has 0 bridgehead atoms. The van der Waals surface area contributed by atoms with Crippen molar-refractivity contribution in [1.82, 2.24) is 4.90 Å². The van der Waals surface area contributed by atoms with Gasteiger partial charge >= 0.3 is 0 Å². The van der Waals surface area contributed by atoms with E-state index in [-0.39, 0.29) is 136 Å². The van der Waals surface area contributed by atoms with Crippen LogP contribution in [0.25, 0.3) is 0 Å². The Balaban J connectivity index is 0.912. The van der Waals surface area contributed by atoms with Crippen LogP contribution in [0.4, 0.5) is 0 Å². The van der Waals surface area contributed by atoms with Crippen LogP contribution in [0.3, 0.4) is 0 Å². The van der Waals surface area contributed by atoms with Gasteiger partial charge in [0.05, 0.1) is 90.9 Å². The molecule has 7 unspecified atom stereocenters. The summed E-state index contributed by atoms with van der Waals surface area (Å²) in [6.45, 7) is 54.7. The molecule has 5 saturated heterocycles. The number of Topliss-reactive ketones (excluding diaryl/α,β-unsaturated/α-hetero) is 1. The third kappa shape index (κ3) is 17.9. The highest BCUT2D eigenvalue weighted by Gasteiger charge is 2.55. The summed E-state index contributed by atoms with van der Waals surface area (Å²) in [5.74, 6) is 0.687. The zero-order chi connectivity index (χ0) is 66.9. The first-order valence-electron chi connectivity index (χ1n) is 35.2. The number of hydrogen-bond acceptors (Lipinski definition) is 11. The van der Waals surface area contributed by atoms with E-state index in [1.54, 1.807) is 19.1 Å². The maximum Gasteiger partial charge on any atom is 0.261 e. The van der Waals surface area contributed by atoms with Crippen LogP contribution in [0, 0.1) is 29.6 Å². The van der Waals surface area contributed by atoms with Crippen molar-refractivity contribution < 1.29 is 51.3 Å². The van der Waals surface area contributed by atoms with Crippen molar-refractivity contribution >= 4 is 42.5 Å². The lowest BCUT2D eigenvalue weighted by molar-refractivity contribution is -0.251. The second kappa shape index (κ2) is 29.7. The zero-order valence-corrected chi connectivity index (χ0v) is 63.0. The molecular formula is C76H121NO11Si3. The van der Waals surface area contributed by atoms with Crippen LogP contribution in [0.1, 0.15) is 200 Å². The van der Waals surface area contributed by atoms with Crippen LogP contribution in [0.2, 0.25) is 54.4 Å². The van der Waals surface area contributed by atoms with Gasteiger partial charge in [0.15, 0.2) is 25.0 Å². The number of ketones is 1. The Labute approximate surface area is 553 Å². The SMILES string of the molecule is C=C1C[C@H](CCC(C)/C=C/[C@H](O[Si](C)(C)C(C)(C)C)C2O[C@H]3CCC(CC(C)=O)O[C@@H]3[C@H](C)[C@@H]2O[Si](C)(C)C(C)(C)C)OC1CC[C@H]1C[C@@H](C)C(=C)C(C[C@@H]2OC(C[C@@H](CN3C(=O)c4ccccc4C3=O)O[Si](C)(C)C(C)(C)C)[C@H](C)C2CCc2ccccc2)O1. The second-order valence-corrected chi connectivity index (χ2v) is 47.7. The third-order valence-electron chi connectivity index (χ3n) is 23.3. The van der Waals surface area contributed by atoms with E-state index in [1.165, 1.54) is 16.0 Å². The molecule has 0 aliphatic carbocycles. The van der Waals surface area contributed by atoms with E-state index >= 15 is 0 Å². The Morgan fingerprint density at radius 3 is 1.90 bits per heavy atom. The number of hydrogen-bond donors (Lipinski definition) is 0. The summed E-state index contributed by atoms with van der Waals surface area (Å²) in [6, 6.07) is 17.9. The largest absolute Gasteiger partial charge is 0.412 e. The molecule has 2 aromatic carbocycles. The highest BCUT2D eigenvalue weighted by atomic mass is 28.4. The van der Waals surface area contributed by atoms with Crippen LogP contribution in [-0.2, 0) is 48.2 Å². The van der Waals surface area contributed by atoms with Crippen molar-refractivity contribution in [2.75, 3.05) is 6.54 Å². The smallest absolute Gasteiger partial charge is 0.261 e. The van der Waals surface area contributed by atoms with Gasteiger partial charge in [-0.25, -0.2) is 0 Å². The molecule has 18 atom stereocenters. The topological polar surface area (TPSA) is 128 Å². The summed E-state index contributed by atoms with van der Waals surface area (Å²) >= 11 is 0. The minimum Gasteiger partial charge on any atom is -0.412 e. The Bertz CT molecular complexity index is 2820. The van der Waals surface area contributed by atoms with Crippen molar-refractivity contribution in [2.24, 2.45) is 29.6 Å². The van der Waals surface area contributed by atoms with Crippen molar-refractivity contribution in [1.29, 1.82) is 0 Å². The third-order valence-corrected chi connectivity index (χ3v) is 36.8. The molecule has 0 radical (unpaired) electrons. The van der Waals surface area contributed by atoms with E-state index in [0.717, 1.165) is 69.8 Å². The number of fused-ring (bicyclic) bond motifs is 2. The molecule has 6 aliphatic rings. The summed E-state index contributed by atoms with van der Waals surface area (Å²) in [5.41, 5.74) is 4.54. The Morgan fingerprint density at radius 1 is 0.681 bits per heavy atom. The number of benzene rings is 2. The number of aryl methyl sites for hydroxylation is 1. The van der Waals surface area contributed by atoms with Gasteiger partial charge in [0.1, 0.15) is 11.9 Å².